The zero-order valence-electron chi connectivity index (χ0n) is 8.92. The highest BCUT2D eigenvalue weighted by Crippen LogP contribution is 2.16. The summed E-state index contributed by atoms with van der Waals surface area (Å²) < 4.78 is 5.81. The Balaban J connectivity index is 2.13. The molecule has 0 amide bonds. The van der Waals surface area contributed by atoms with E-state index in [9.17, 15) is 0 Å². The summed E-state index contributed by atoms with van der Waals surface area (Å²) in [5.74, 6) is 0.710. The van der Waals surface area contributed by atoms with Gasteiger partial charge in [-0.1, -0.05) is 24.3 Å². The maximum Gasteiger partial charge on any atom is 0.183 e. The molecular weight excluding hydrogens is 176 g/mol. The first kappa shape index (κ1) is 10.7. The Morgan fingerprint density at radius 1 is 1.31 bits per heavy atom. The fourth-order valence-electron chi connectivity index (χ4n) is 1.36. The first-order chi connectivity index (χ1) is 6.08. The highest BCUT2D eigenvalue weighted by atomic mass is 28.4. The van der Waals surface area contributed by atoms with Gasteiger partial charge < -0.3 is 4.43 Å². The zero-order chi connectivity index (χ0) is 9.73. The van der Waals surface area contributed by atoms with E-state index in [0.29, 0.717) is 5.92 Å². The molecular formula is C11H20OSi. The molecule has 0 aliphatic heterocycles. The number of allylic oxidation sites excluding steroid dienone is 4. The van der Waals surface area contributed by atoms with Gasteiger partial charge in [0.1, 0.15) is 0 Å². The molecule has 1 atom stereocenters. The maximum absolute atomic E-state index is 5.81. The van der Waals surface area contributed by atoms with Gasteiger partial charge in [-0.3, -0.25) is 0 Å². The Hall–Kier alpha value is -0.343. The minimum Gasteiger partial charge on any atom is -0.418 e. The smallest absolute Gasteiger partial charge is 0.183 e. The van der Waals surface area contributed by atoms with Gasteiger partial charge in [-0.05, 0) is 38.4 Å². The van der Waals surface area contributed by atoms with Crippen molar-refractivity contribution < 1.29 is 4.43 Å². The van der Waals surface area contributed by atoms with Crippen LogP contribution >= 0.6 is 0 Å². The molecule has 1 aliphatic rings. The average Bonchev–Trinajstić information content (AvgIpc) is 2.04. The maximum atomic E-state index is 5.81. The summed E-state index contributed by atoms with van der Waals surface area (Å²) in [4.78, 5) is 0. The highest BCUT2D eigenvalue weighted by molar-refractivity contribution is 6.69. The van der Waals surface area contributed by atoms with Gasteiger partial charge in [0.05, 0.1) is 0 Å². The Labute approximate surface area is 82.6 Å². The van der Waals surface area contributed by atoms with Crippen LogP contribution in [0.4, 0.5) is 0 Å². The lowest BCUT2D eigenvalue weighted by Gasteiger charge is -2.19. The number of hydrogen-bond acceptors (Lipinski definition) is 1. The summed E-state index contributed by atoms with van der Waals surface area (Å²) in [6.45, 7) is 7.65. The van der Waals surface area contributed by atoms with Crippen LogP contribution in [0.2, 0.25) is 19.6 Å². The van der Waals surface area contributed by atoms with E-state index in [-0.39, 0.29) is 0 Å². The third-order valence-corrected chi connectivity index (χ3v) is 3.16. The van der Waals surface area contributed by atoms with Crippen LogP contribution < -0.4 is 0 Å². The SMILES string of the molecule is C[Si](C)(C)OCCC1C=CC=CC1. The van der Waals surface area contributed by atoms with Crippen LogP contribution in [0, 0.1) is 5.92 Å². The Bertz CT molecular complexity index is 201. The first-order valence-corrected chi connectivity index (χ1v) is 8.46. The van der Waals surface area contributed by atoms with E-state index in [1.165, 1.54) is 12.8 Å². The van der Waals surface area contributed by atoms with Gasteiger partial charge in [-0.25, -0.2) is 0 Å². The van der Waals surface area contributed by atoms with Crippen molar-refractivity contribution >= 4 is 8.32 Å². The molecule has 0 bridgehead atoms. The average molecular weight is 196 g/mol. The second-order valence-corrected chi connectivity index (χ2v) is 9.07. The van der Waals surface area contributed by atoms with E-state index >= 15 is 0 Å². The minimum absolute atomic E-state index is 0.710. The molecule has 0 fully saturated rings. The van der Waals surface area contributed by atoms with E-state index < -0.39 is 8.32 Å². The van der Waals surface area contributed by atoms with E-state index in [1.807, 2.05) is 0 Å². The first-order valence-electron chi connectivity index (χ1n) is 5.05. The van der Waals surface area contributed by atoms with Crippen molar-refractivity contribution in [3.63, 3.8) is 0 Å². The minimum atomic E-state index is -1.28. The molecule has 13 heavy (non-hydrogen) atoms. The van der Waals surface area contributed by atoms with Crippen molar-refractivity contribution in [3.8, 4) is 0 Å². The Morgan fingerprint density at radius 3 is 2.62 bits per heavy atom. The van der Waals surface area contributed by atoms with E-state index in [0.717, 1.165) is 6.61 Å². The zero-order valence-corrected chi connectivity index (χ0v) is 9.92. The van der Waals surface area contributed by atoms with Gasteiger partial charge in [-0.15, -0.1) is 0 Å². The quantitative estimate of drug-likeness (QED) is 0.626. The summed E-state index contributed by atoms with van der Waals surface area (Å²) >= 11 is 0. The summed E-state index contributed by atoms with van der Waals surface area (Å²) in [5, 5.41) is 0. The van der Waals surface area contributed by atoms with Crippen molar-refractivity contribution in [1.29, 1.82) is 0 Å². The second-order valence-electron chi connectivity index (χ2n) is 4.56. The fourth-order valence-corrected chi connectivity index (χ4v) is 2.09. The molecule has 1 rings (SSSR count). The lowest BCUT2D eigenvalue weighted by Crippen LogP contribution is -2.26. The lowest BCUT2D eigenvalue weighted by molar-refractivity contribution is 0.286. The van der Waals surface area contributed by atoms with Crippen LogP contribution in [0.5, 0.6) is 0 Å². The topological polar surface area (TPSA) is 9.23 Å². The van der Waals surface area contributed by atoms with Gasteiger partial charge in [0.25, 0.3) is 0 Å². The van der Waals surface area contributed by atoms with Crippen LogP contribution in [0.1, 0.15) is 12.8 Å². The molecule has 2 heteroatoms. The molecule has 1 aliphatic carbocycles. The van der Waals surface area contributed by atoms with Gasteiger partial charge in [0.15, 0.2) is 8.32 Å². The fraction of sp³-hybridized carbons (Fsp3) is 0.636. The van der Waals surface area contributed by atoms with Crippen molar-refractivity contribution in [2.75, 3.05) is 6.61 Å². The van der Waals surface area contributed by atoms with Gasteiger partial charge in [-0.2, -0.15) is 0 Å². The molecule has 0 saturated carbocycles. The normalized spacial score (nSPS) is 22.2. The predicted molar refractivity (Wildman–Crippen MR) is 60.3 cm³/mol. The molecule has 1 nitrogen and oxygen atoms in total. The van der Waals surface area contributed by atoms with Gasteiger partial charge in [0, 0.05) is 6.61 Å². The third kappa shape index (κ3) is 5.06. The van der Waals surface area contributed by atoms with Gasteiger partial charge >= 0.3 is 0 Å². The summed E-state index contributed by atoms with van der Waals surface area (Å²) in [6.07, 6.45) is 11.1. The standard InChI is InChI=1S/C11H20OSi/c1-13(2,3)12-10-9-11-7-5-4-6-8-11/h4-7,11H,8-10H2,1-3H3. The Kier molecular flexibility index (Phi) is 3.94. The molecule has 0 aromatic rings. The molecule has 0 heterocycles. The molecule has 0 spiro atoms. The van der Waals surface area contributed by atoms with Crippen LogP contribution in [0.3, 0.4) is 0 Å². The van der Waals surface area contributed by atoms with Crippen LogP contribution in [0.25, 0.3) is 0 Å². The Morgan fingerprint density at radius 2 is 2.08 bits per heavy atom. The van der Waals surface area contributed by atoms with Crippen LogP contribution in [-0.2, 0) is 4.43 Å². The van der Waals surface area contributed by atoms with E-state index in [4.69, 9.17) is 4.43 Å². The molecule has 1 unspecified atom stereocenters. The van der Waals surface area contributed by atoms with Crippen molar-refractivity contribution in [1.82, 2.24) is 0 Å². The van der Waals surface area contributed by atoms with E-state index in [1.54, 1.807) is 0 Å². The summed E-state index contributed by atoms with van der Waals surface area (Å²) in [5.41, 5.74) is 0. The molecule has 0 saturated heterocycles. The predicted octanol–water partition coefficient (Wildman–Crippen LogP) is 3.36. The van der Waals surface area contributed by atoms with E-state index in [2.05, 4.69) is 43.9 Å². The van der Waals surface area contributed by atoms with Crippen molar-refractivity contribution in [2.45, 2.75) is 32.5 Å². The largest absolute Gasteiger partial charge is 0.418 e. The van der Waals surface area contributed by atoms with Crippen molar-refractivity contribution in [2.24, 2.45) is 5.92 Å². The molecule has 0 N–H and O–H groups in total. The highest BCUT2D eigenvalue weighted by Gasteiger charge is 2.14. The monoisotopic (exact) mass is 196 g/mol. The third-order valence-electron chi connectivity index (χ3n) is 2.09. The molecule has 0 radical (unpaired) electrons. The van der Waals surface area contributed by atoms with Gasteiger partial charge in [0.2, 0.25) is 0 Å². The number of hydrogen-bond donors (Lipinski definition) is 0. The summed E-state index contributed by atoms with van der Waals surface area (Å²) in [7, 11) is -1.28. The molecule has 0 aromatic heterocycles. The van der Waals surface area contributed by atoms with Crippen LogP contribution in [0.15, 0.2) is 24.3 Å². The summed E-state index contributed by atoms with van der Waals surface area (Å²) in [6, 6.07) is 0. The van der Waals surface area contributed by atoms with Crippen LogP contribution in [-0.4, -0.2) is 14.9 Å². The number of rotatable bonds is 4. The molecule has 74 valence electrons. The second kappa shape index (κ2) is 4.77. The molecule has 0 aromatic carbocycles. The van der Waals surface area contributed by atoms with Crippen molar-refractivity contribution in [3.05, 3.63) is 24.3 Å². The lowest BCUT2D eigenvalue weighted by atomic mass is 9.98.